The summed E-state index contributed by atoms with van der Waals surface area (Å²) in [5.74, 6) is 0. The molecule has 1 aromatic carbocycles. The lowest BCUT2D eigenvalue weighted by molar-refractivity contribution is 0.407. The Labute approximate surface area is 94.7 Å². The summed E-state index contributed by atoms with van der Waals surface area (Å²) in [5, 5.41) is 0. The molecular formula is C10H10Br2O. The molecule has 0 aromatic heterocycles. The molecule has 70 valence electrons. The molecule has 1 unspecified atom stereocenters. The Balaban J connectivity index is 2.20. The fourth-order valence-corrected chi connectivity index (χ4v) is 2.26. The summed E-state index contributed by atoms with van der Waals surface area (Å²) in [6.45, 7) is 0.920. The van der Waals surface area contributed by atoms with Gasteiger partial charge in [-0.25, -0.2) is 0 Å². The number of ether oxygens (including phenoxy) is 1. The molecule has 0 spiro atoms. The van der Waals surface area contributed by atoms with Gasteiger partial charge in [0.15, 0.2) is 0 Å². The van der Waals surface area contributed by atoms with Crippen LogP contribution in [-0.4, -0.2) is 12.7 Å². The molecule has 1 saturated heterocycles. The Morgan fingerprint density at radius 3 is 2.69 bits per heavy atom. The number of rotatable bonds is 3. The quantitative estimate of drug-likeness (QED) is 0.616. The fourth-order valence-electron chi connectivity index (χ4n) is 1.36. The lowest BCUT2D eigenvalue weighted by Crippen LogP contribution is -1.97. The van der Waals surface area contributed by atoms with Crippen LogP contribution in [0.2, 0.25) is 0 Å². The molecule has 1 fully saturated rings. The van der Waals surface area contributed by atoms with Crippen molar-refractivity contribution in [1.29, 1.82) is 0 Å². The van der Waals surface area contributed by atoms with E-state index in [4.69, 9.17) is 4.74 Å². The second-order valence-corrected chi connectivity index (χ2v) is 6.22. The summed E-state index contributed by atoms with van der Waals surface area (Å²) in [4.78, 5) is 0. The Hall–Kier alpha value is 0.140. The zero-order valence-corrected chi connectivity index (χ0v) is 10.2. The van der Waals surface area contributed by atoms with Crippen LogP contribution in [0.3, 0.4) is 0 Å². The second kappa shape index (κ2) is 4.11. The molecule has 0 amide bonds. The number of hydrogen-bond acceptors (Lipinski definition) is 1. The molecule has 1 aliphatic rings. The standard InChI is InChI=1S/C10H10Br2O/c11-10(12)9-4-2-1-3-7(9)5-8-6-13-8/h1-4,8,10H,5-6H2. The van der Waals surface area contributed by atoms with Crippen molar-refractivity contribution in [2.75, 3.05) is 6.61 Å². The van der Waals surface area contributed by atoms with Gasteiger partial charge in [0.1, 0.15) is 0 Å². The normalized spacial score (nSPS) is 20.7. The number of halogens is 2. The zero-order chi connectivity index (χ0) is 9.26. The maximum Gasteiger partial charge on any atom is 0.0949 e. The minimum Gasteiger partial charge on any atom is -0.373 e. The van der Waals surface area contributed by atoms with Crippen LogP contribution in [0.15, 0.2) is 24.3 Å². The van der Waals surface area contributed by atoms with Crippen LogP contribution in [0.4, 0.5) is 0 Å². The molecule has 1 atom stereocenters. The Kier molecular flexibility index (Phi) is 3.06. The second-order valence-electron chi connectivity index (χ2n) is 3.16. The Morgan fingerprint density at radius 1 is 1.38 bits per heavy atom. The van der Waals surface area contributed by atoms with Gasteiger partial charge in [0.05, 0.1) is 16.4 Å². The summed E-state index contributed by atoms with van der Waals surface area (Å²) < 4.78 is 5.46. The average Bonchev–Trinajstić information content (AvgIpc) is 2.89. The summed E-state index contributed by atoms with van der Waals surface area (Å²) in [6, 6.07) is 8.42. The van der Waals surface area contributed by atoms with E-state index >= 15 is 0 Å². The van der Waals surface area contributed by atoms with Crippen LogP contribution in [0.25, 0.3) is 0 Å². The van der Waals surface area contributed by atoms with Crippen LogP contribution in [0.1, 0.15) is 14.9 Å². The first-order valence-corrected chi connectivity index (χ1v) is 6.08. The molecule has 2 rings (SSSR count). The predicted molar refractivity (Wildman–Crippen MR) is 60.5 cm³/mol. The van der Waals surface area contributed by atoms with Gasteiger partial charge in [-0.2, -0.15) is 0 Å². The SMILES string of the molecule is BrC(Br)c1ccccc1CC1CO1. The van der Waals surface area contributed by atoms with Gasteiger partial charge >= 0.3 is 0 Å². The van der Waals surface area contributed by atoms with Crippen molar-refractivity contribution >= 4 is 31.9 Å². The van der Waals surface area contributed by atoms with Gasteiger partial charge in [0.25, 0.3) is 0 Å². The summed E-state index contributed by atoms with van der Waals surface area (Å²) in [7, 11) is 0. The highest BCUT2D eigenvalue weighted by atomic mass is 79.9. The fraction of sp³-hybridized carbons (Fsp3) is 0.400. The molecule has 0 bridgehead atoms. The van der Waals surface area contributed by atoms with Crippen LogP contribution < -0.4 is 0 Å². The van der Waals surface area contributed by atoms with E-state index in [2.05, 4.69) is 56.1 Å². The van der Waals surface area contributed by atoms with Crippen molar-refractivity contribution in [2.24, 2.45) is 0 Å². The van der Waals surface area contributed by atoms with E-state index < -0.39 is 0 Å². The third-order valence-corrected chi connectivity index (χ3v) is 3.13. The van der Waals surface area contributed by atoms with E-state index in [-0.39, 0.29) is 3.74 Å². The molecule has 0 radical (unpaired) electrons. The van der Waals surface area contributed by atoms with Crippen molar-refractivity contribution in [3.63, 3.8) is 0 Å². The lowest BCUT2D eigenvalue weighted by Gasteiger charge is -2.08. The molecule has 3 heteroatoms. The molecule has 1 aromatic rings. The number of benzene rings is 1. The summed E-state index contributed by atoms with van der Waals surface area (Å²) in [5.41, 5.74) is 2.67. The van der Waals surface area contributed by atoms with Crippen LogP contribution in [0, 0.1) is 0 Å². The number of hydrogen-bond donors (Lipinski definition) is 0. The van der Waals surface area contributed by atoms with E-state index in [0.717, 1.165) is 13.0 Å². The van der Waals surface area contributed by atoms with Crippen molar-refractivity contribution in [3.8, 4) is 0 Å². The highest BCUT2D eigenvalue weighted by molar-refractivity contribution is 9.24. The lowest BCUT2D eigenvalue weighted by atomic mass is 10.0. The van der Waals surface area contributed by atoms with Gasteiger partial charge in [-0.1, -0.05) is 56.1 Å². The van der Waals surface area contributed by atoms with Gasteiger partial charge in [-0.05, 0) is 11.1 Å². The van der Waals surface area contributed by atoms with Crippen LogP contribution in [-0.2, 0) is 11.2 Å². The predicted octanol–water partition coefficient (Wildman–Crippen LogP) is 3.42. The summed E-state index contributed by atoms with van der Waals surface area (Å²) >= 11 is 7.04. The van der Waals surface area contributed by atoms with Gasteiger partial charge in [-0.15, -0.1) is 0 Å². The maximum atomic E-state index is 5.22. The summed E-state index contributed by atoms with van der Waals surface area (Å²) in [6.07, 6.45) is 1.49. The van der Waals surface area contributed by atoms with Crippen molar-refractivity contribution < 1.29 is 4.74 Å². The molecular weight excluding hydrogens is 296 g/mol. The number of epoxide rings is 1. The van der Waals surface area contributed by atoms with Gasteiger partial charge < -0.3 is 4.74 Å². The van der Waals surface area contributed by atoms with Crippen LogP contribution >= 0.6 is 31.9 Å². The first kappa shape index (κ1) is 9.69. The minimum absolute atomic E-state index is 0.245. The molecule has 1 heterocycles. The highest BCUT2D eigenvalue weighted by Crippen LogP contribution is 2.33. The number of alkyl halides is 2. The van der Waals surface area contributed by atoms with Crippen LogP contribution in [0.5, 0.6) is 0 Å². The van der Waals surface area contributed by atoms with E-state index in [1.807, 2.05) is 0 Å². The highest BCUT2D eigenvalue weighted by Gasteiger charge is 2.24. The maximum absolute atomic E-state index is 5.22. The monoisotopic (exact) mass is 304 g/mol. The largest absolute Gasteiger partial charge is 0.373 e. The molecule has 0 saturated carbocycles. The molecule has 0 aliphatic carbocycles. The average molecular weight is 306 g/mol. The van der Waals surface area contributed by atoms with E-state index in [1.165, 1.54) is 11.1 Å². The Bertz CT molecular complexity index is 295. The molecule has 1 nitrogen and oxygen atoms in total. The topological polar surface area (TPSA) is 12.5 Å². The van der Waals surface area contributed by atoms with Gasteiger partial charge in [0, 0.05) is 6.42 Å². The van der Waals surface area contributed by atoms with Crippen molar-refractivity contribution in [3.05, 3.63) is 35.4 Å². The van der Waals surface area contributed by atoms with Crippen molar-refractivity contribution in [1.82, 2.24) is 0 Å². The molecule has 13 heavy (non-hydrogen) atoms. The first-order valence-electron chi connectivity index (χ1n) is 4.25. The first-order chi connectivity index (χ1) is 6.27. The van der Waals surface area contributed by atoms with E-state index in [9.17, 15) is 0 Å². The minimum atomic E-state index is 0.245. The van der Waals surface area contributed by atoms with Gasteiger partial charge in [0.2, 0.25) is 0 Å². The Morgan fingerprint density at radius 2 is 2.08 bits per heavy atom. The third-order valence-electron chi connectivity index (χ3n) is 2.14. The van der Waals surface area contributed by atoms with E-state index in [0.29, 0.717) is 6.10 Å². The van der Waals surface area contributed by atoms with Gasteiger partial charge in [-0.3, -0.25) is 0 Å². The zero-order valence-electron chi connectivity index (χ0n) is 7.04. The third kappa shape index (κ3) is 2.55. The molecule has 0 N–H and O–H groups in total. The van der Waals surface area contributed by atoms with E-state index in [1.54, 1.807) is 0 Å². The molecule has 1 aliphatic heterocycles. The smallest absolute Gasteiger partial charge is 0.0949 e. The van der Waals surface area contributed by atoms with Crippen molar-refractivity contribution in [2.45, 2.75) is 16.3 Å².